The van der Waals surface area contributed by atoms with Crippen molar-refractivity contribution in [3.63, 3.8) is 0 Å². The van der Waals surface area contributed by atoms with Gasteiger partial charge in [0.05, 0.1) is 5.92 Å². The van der Waals surface area contributed by atoms with E-state index >= 15 is 0 Å². The van der Waals surface area contributed by atoms with E-state index in [2.05, 4.69) is 11.9 Å². The number of carbonyl (C=O) groups excluding carboxylic acids is 1. The maximum atomic E-state index is 13.0. The Bertz CT molecular complexity index is 443. The molecule has 1 aromatic carbocycles. The van der Waals surface area contributed by atoms with E-state index in [0.29, 0.717) is 18.7 Å². The molecule has 3 nitrogen and oxygen atoms in total. The minimum atomic E-state index is -0.384. The fourth-order valence-electron chi connectivity index (χ4n) is 1.50. The molecule has 4 heteroatoms. The summed E-state index contributed by atoms with van der Waals surface area (Å²) in [4.78, 5) is 11.9. The van der Waals surface area contributed by atoms with E-state index in [-0.39, 0.29) is 17.6 Å². The molecule has 0 aliphatic rings. The summed E-state index contributed by atoms with van der Waals surface area (Å²) in [5, 5.41) is 2.66. The van der Waals surface area contributed by atoms with E-state index in [1.165, 1.54) is 12.1 Å². The molecule has 1 aromatic rings. The first-order valence-electron chi connectivity index (χ1n) is 5.71. The number of hydrogen-bond acceptors (Lipinski definition) is 2. The third-order valence-electron chi connectivity index (χ3n) is 2.35. The Kier molecular flexibility index (Phi) is 5.80. The molecular weight excluding hydrogens is 231 g/mol. The zero-order valence-electron chi connectivity index (χ0n) is 10.1. The highest BCUT2D eigenvalue weighted by atomic mass is 19.1. The summed E-state index contributed by atoms with van der Waals surface area (Å²) in [7, 11) is 0. The van der Waals surface area contributed by atoms with E-state index in [1.54, 1.807) is 30.4 Å². The molecule has 0 aliphatic carbocycles. The van der Waals surface area contributed by atoms with Gasteiger partial charge in [0, 0.05) is 12.2 Å². The Morgan fingerprint density at radius 3 is 2.94 bits per heavy atom. The highest BCUT2D eigenvalue weighted by molar-refractivity contribution is 5.93. The molecule has 0 heterocycles. The van der Waals surface area contributed by atoms with Gasteiger partial charge in [-0.15, -0.1) is 6.58 Å². The lowest BCUT2D eigenvalue weighted by Crippen LogP contribution is -2.21. The molecule has 0 fully saturated rings. The summed E-state index contributed by atoms with van der Waals surface area (Å²) < 4.78 is 13.0. The van der Waals surface area contributed by atoms with Crippen molar-refractivity contribution in [2.24, 2.45) is 11.7 Å². The number of carbonyl (C=O) groups is 1. The summed E-state index contributed by atoms with van der Waals surface area (Å²) in [6, 6.07) is 5.78. The largest absolute Gasteiger partial charge is 0.327 e. The van der Waals surface area contributed by atoms with Gasteiger partial charge in [-0.1, -0.05) is 24.3 Å². The van der Waals surface area contributed by atoms with Gasteiger partial charge in [0.25, 0.3) is 0 Å². The summed E-state index contributed by atoms with van der Waals surface area (Å²) >= 11 is 0. The van der Waals surface area contributed by atoms with Crippen molar-refractivity contribution in [1.29, 1.82) is 0 Å². The summed E-state index contributed by atoms with van der Waals surface area (Å²) in [6.07, 6.45) is 5.63. The monoisotopic (exact) mass is 248 g/mol. The number of nitrogens with one attached hydrogen (secondary N) is 1. The van der Waals surface area contributed by atoms with Gasteiger partial charge in [-0.2, -0.15) is 0 Å². The van der Waals surface area contributed by atoms with Crippen molar-refractivity contribution in [1.82, 2.24) is 0 Å². The molecule has 0 aromatic heterocycles. The highest BCUT2D eigenvalue weighted by Crippen LogP contribution is 2.13. The zero-order valence-corrected chi connectivity index (χ0v) is 10.1. The van der Waals surface area contributed by atoms with Crippen LogP contribution in [-0.2, 0) is 4.79 Å². The molecular formula is C14H17FN2O. The first-order chi connectivity index (χ1) is 8.67. The number of allylic oxidation sites excluding steroid dienone is 1. The minimum Gasteiger partial charge on any atom is -0.327 e. The van der Waals surface area contributed by atoms with Crippen molar-refractivity contribution < 1.29 is 9.18 Å². The maximum absolute atomic E-state index is 13.0. The molecule has 1 rings (SSSR count). The van der Waals surface area contributed by atoms with Crippen molar-refractivity contribution in [3.05, 3.63) is 54.9 Å². The maximum Gasteiger partial charge on any atom is 0.231 e. The second kappa shape index (κ2) is 7.40. The van der Waals surface area contributed by atoms with Crippen LogP contribution >= 0.6 is 0 Å². The number of rotatable bonds is 6. The van der Waals surface area contributed by atoms with Gasteiger partial charge in [0.15, 0.2) is 0 Å². The number of nitrogens with two attached hydrogens (primary N) is 1. The lowest BCUT2D eigenvalue weighted by atomic mass is 10.0. The lowest BCUT2D eigenvalue weighted by molar-refractivity contribution is -0.118. The van der Waals surface area contributed by atoms with Crippen LogP contribution in [0.1, 0.15) is 6.42 Å². The van der Waals surface area contributed by atoms with Gasteiger partial charge >= 0.3 is 0 Å². The average Bonchev–Trinajstić information content (AvgIpc) is 2.34. The number of anilines is 1. The molecule has 0 spiro atoms. The Hall–Kier alpha value is -1.94. The molecule has 96 valence electrons. The van der Waals surface area contributed by atoms with E-state index in [9.17, 15) is 9.18 Å². The van der Waals surface area contributed by atoms with Gasteiger partial charge in [-0.3, -0.25) is 4.79 Å². The molecule has 1 atom stereocenters. The smallest absolute Gasteiger partial charge is 0.231 e. The van der Waals surface area contributed by atoms with Gasteiger partial charge < -0.3 is 11.1 Å². The molecule has 1 amide bonds. The van der Waals surface area contributed by atoms with E-state index in [1.807, 2.05) is 0 Å². The van der Waals surface area contributed by atoms with Crippen molar-refractivity contribution in [2.45, 2.75) is 6.42 Å². The van der Waals surface area contributed by atoms with Gasteiger partial charge in [-0.25, -0.2) is 4.39 Å². The minimum absolute atomic E-state index is 0.204. The Morgan fingerprint density at radius 2 is 2.33 bits per heavy atom. The van der Waals surface area contributed by atoms with E-state index in [4.69, 9.17) is 5.73 Å². The quantitative estimate of drug-likeness (QED) is 0.760. The van der Waals surface area contributed by atoms with Crippen LogP contribution < -0.4 is 11.1 Å². The van der Waals surface area contributed by atoms with Gasteiger partial charge in [0.2, 0.25) is 5.91 Å². The van der Waals surface area contributed by atoms with Gasteiger partial charge in [0.1, 0.15) is 5.82 Å². The Morgan fingerprint density at radius 1 is 1.56 bits per heavy atom. The molecule has 1 unspecified atom stereocenters. The molecule has 0 saturated heterocycles. The highest BCUT2D eigenvalue weighted by Gasteiger charge is 2.13. The first kappa shape index (κ1) is 14.1. The van der Waals surface area contributed by atoms with E-state index < -0.39 is 0 Å². The topological polar surface area (TPSA) is 55.1 Å². The third kappa shape index (κ3) is 4.51. The van der Waals surface area contributed by atoms with Crippen LogP contribution in [0.2, 0.25) is 0 Å². The van der Waals surface area contributed by atoms with Crippen LogP contribution in [0, 0.1) is 11.7 Å². The van der Waals surface area contributed by atoms with Crippen LogP contribution in [0.25, 0.3) is 0 Å². The van der Waals surface area contributed by atoms with Crippen molar-refractivity contribution in [2.75, 3.05) is 11.9 Å². The molecule has 0 saturated carbocycles. The molecule has 0 bridgehead atoms. The summed E-state index contributed by atoms with van der Waals surface area (Å²) in [6.45, 7) is 3.98. The average molecular weight is 248 g/mol. The van der Waals surface area contributed by atoms with Gasteiger partial charge in [-0.05, 0) is 24.6 Å². The molecule has 3 N–H and O–H groups in total. The zero-order chi connectivity index (χ0) is 13.4. The number of hydrogen-bond donors (Lipinski definition) is 2. The number of halogens is 1. The second-order valence-corrected chi connectivity index (χ2v) is 3.79. The Balaban J connectivity index is 2.71. The normalized spacial score (nSPS) is 12.3. The SMILES string of the molecule is C=CCC(/C=C\CN)C(=O)Nc1cccc(F)c1. The molecule has 0 aliphatic heterocycles. The summed E-state index contributed by atoms with van der Waals surface area (Å²) in [5.74, 6) is -0.926. The fraction of sp³-hybridized carbons (Fsp3) is 0.214. The number of amides is 1. The number of benzene rings is 1. The predicted molar refractivity (Wildman–Crippen MR) is 71.5 cm³/mol. The van der Waals surface area contributed by atoms with Crippen LogP contribution in [-0.4, -0.2) is 12.5 Å². The van der Waals surface area contributed by atoms with Crippen LogP contribution in [0.15, 0.2) is 49.1 Å². The van der Waals surface area contributed by atoms with Crippen LogP contribution in [0.3, 0.4) is 0 Å². The third-order valence-corrected chi connectivity index (χ3v) is 2.35. The van der Waals surface area contributed by atoms with Crippen LogP contribution in [0.4, 0.5) is 10.1 Å². The molecule has 0 radical (unpaired) electrons. The van der Waals surface area contributed by atoms with E-state index in [0.717, 1.165) is 0 Å². The first-order valence-corrected chi connectivity index (χ1v) is 5.71. The predicted octanol–water partition coefficient (Wildman–Crippen LogP) is 2.47. The summed E-state index contributed by atoms with van der Waals surface area (Å²) in [5.41, 5.74) is 5.79. The van der Waals surface area contributed by atoms with Crippen molar-refractivity contribution >= 4 is 11.6 Å². The fourth-order valence-corrected chi connectivity index (χ4v) is 1.50. The second-order valence-electron chi connectivity index (χ2n) is 3.79. The Labute approximate surface area is 106 Å². The molecule has 18 heavy (non-hydrogen) atoms. The lowest BCUT2D eigenvalue weighted by Gasteiger charge is -2.11. The van der Waals surface area contributed by atoms with Crippen molar-refractivity contribution in [3.8, 4) is 0 Å². The van der Waals surface area contributed by atoms with Crippen LogP contribution in [0.5, 0.6) is 0 Å². The standard InChI is InChI=1S/C14H17FN2O/c1-2-5-11(6-4-9-16)14(18)17-13-8-3-7-12(15)10-13/h2-4,6-8,10-11H,1,5,9,16H2,(H,17,18)/b6-4-.